The summed E-state index contributed by atoms with van der Waals surface area (Å²) in [6.07, 6.45) is -1.00. The van der Waals surface area contributed by atoms with Gasteiger partial charge in [0.25, 0.3) is 0 Å². The molecule has 0 aromatic heterocycles. The number of amides is 12. The Morgan fingerprint density at radius 3 is 1.86 bits per heavy atom. The first kappa shape index (κ1) is 82.7. The third kappa shape index (κ3) is 18.2. The topological polar surface area (TPSA) is 261 Å². The van der Waals surface area contributed by atoms with Crippen molar-refractivity contribution in [3.05, 3.63) is 12.2 Å². The highest BCUT2D eigenvalue weighted by Crippen LogP contribution is 2.46. The Balaban J connectivity index is 1.20. The molecule has 2 unspecified atom stereocenters. The highest BCUT2D eigenvalue weighted by molar-refractivity contribution is 6.01. The lowest BCUT2D eigenvalue weighted by Gasteiger charge is -2.51. The van der Waals surface area contributed by atoms with E-state index in [1.165, 1.54) is 100 Å². The molecule has 2 N–H and O–H groups in total. The quantitative estimate of drug-likeness (QED) is 0.181. The number of carbonyl (C=O) groups is 12. The van der Waals surface area contributed by atoms with Crippen LogP contribution in [-0.4, -0.2) is 281 Å². The Kier molecular flexibility index (Phi) is 28.0. The van der Waals surface area contributed by atoms with Gasteiger partial charge in [-0.1, -0.05) is 91.7 Å². The van der Waals surface area contributed by atoms with Gasteiger partial charge < -0.3 is 59.6 Å². The summed E-state index contributed by atoms with van der Waals surface area (Å²) in [4.78, 5) is 195. The van der Waals surface area contributed by atoms with Crippen molar-refractivity contribution in [3.8, 4) is 0 Å². The van der Waals surface area contributed by atoms with Crippen molar-refractivity contribution in [2.24, 2.45) is 41.4 Å². The minimum atomic E-state index is -5.16. The molecule has 0 radical (unpaired) electrons. The molecule has 7 fully saturated rings. The zero-order valence-corrected chi connectivity index (χ0v) is 63.6. The molecule has 1 spiro atoms. The molecule has 8 aliphatic rings. The Hall–Kier alpha value is -6.97. The van der Waals surface area contributed by atoms with Gasteiger partial charge in [0.2, 0.25) is 70.9 Å². The second-order valence-electron chi connectivity index (χ2n) is 32.1. The predicted molar refractivity (Wildman–Crippen MR) is 377 cm³/mol. The molecule has 2 bridgehead atoms. The van der Waals surface area contributed by atoms with E-state index in [4.69, 9.17) is 0 Å². The summed E-state index contributed by atoms with van der Waals surface area (Å²) in [6.45, 7) is 8.71. The molecule has 4 aliphatic heterocycles. The highest BCUT2D eigenvalue weighted by Gasteiger charge is 2.58. The summed E-state index contributed by atoms with van der Waals surface area (Å²) in [5, 5.41) is 5.69. The molecular weight excluding hydrogens is 1360 g/mol. The van der Waals surface area contributed by atoms with Crippen molar-refractivity contribution in [2.45, 2.75) is 267 Å². The third-order valence-corrected chi connectivity index (χ3v) is 24.9. The minimum Gasteiger partial charge on any atom is -0.347 e. The lowest BCUT2D eigenvalue weighted by Crippen LogP contribution is -2.68. The van der Waals surface area contributed by atoms with Crippen LogP contribution in [0.15, 0.2) is 12.2 Å². The van der Waals surface area contributed by atoms with Crippen LogP contribution in [0, 0.1) is 41.4 Å². The maximum atomic E-state index is 15.6. The van der Waals surface area contributed by atoms with Gasteiger partial charge in [-0.2, -0.15) is 13.2 Å². The van der Waals surface area contributed by atoms with Crippen LogP contribution in [0.2, 0.25) is 0 Å². The number of likely N-dealkylation sites (N-methyl/N-ethyl adjacent to an activating group) is 7. The maximum absolute atomic E-state index is 15.6. The molecule has 3 saturated heterocycles. The van der Waals surface area contributed by atoms with Crippen LogP contribution in [0.25, 0.3) is 0 Å². The normalized spacial score (nSPS) is 33.9. The van der Waals surface area contributed by atoms with Crippen LogP contribution in [0.4, 0.5) is 22.0 Å². The molecule has 584 valence electrons. The number of rotatable bonds is 10. The molecule has 8 rings (SSSR count). The van der Waals surface area contributed by atoms with Gasteiger partial charge in [0.05, 0.1) is 13.0 Å². The molecule has 4 saturated carbocycles. The minimum absolute atomic E-state index is 0.0340. The van der Waals surface area contributed by atoms with Crippen LogP contribution < -0.4 is 10.6 Å². The van der Waals surface area contributed by atoms with E-state index in [0.717, 1.165) is 43.4 Å². The van der Waals surface area contributed by atoms with E-state index < -0.39 is 199 Å². The van der Waals surface area contributed by atoms with Crippen LogP contribution >= 0.6 is 0 Å². The number of hydrogen-bond donors (Lipinski definition) is 2. The lowest BCUT2D eigenvalue weighted by atomic mass is 9.73. The summed E-state index contributed by atoms with van der Waals surface area (Å²) >= 11 is 0. The lowest BCUT2D eigenvalue weighted by molar-refractivity contribution is -0.219. The van der Waals surface area contributed by atoms with E-state index >= 15 is 47.1 Å². The number of hydrogen-bond acceptors (Lipinski definition) is 12. The Labute approximate surface area is 610 Å². The molecule has 12 amide bonds. The van der Waals surface area contributed by atoms with Crippen molar-refractivity contribution in [2.75, 3.05) is 82.6 Å². The van der Waals surface area contributed by atoms with Crippen LogP contribution in [0.5, 0.6) is 0 Å². The van der Waals surface area contributed by atoms with Crippen molar-refractivity contribution in [1.82, 2.24) is 59.6 Å². The Morgan fingerprint density at radius 2 is 1.27 bits per heavy atom. The summed E-state index contributed by atoms with van der Waals surface area (Å²) < 4.78 is 72.8. The van der Waals surface area contributed by atoms with E-state index in [9.17, 15) is 32.3 Å². The second-order valence-corrected chi connectivity index (χ2v) is 32.1. The van der Waals surface area contributed by atoms with E-state index in [-0.39, 0.29) is 89.3 Å². The zero-order valence-electron chi connectivity index (χ0n) is 63.6. The summed E-state index contributed by atoms with van der Waals surface area (Å²) in [6, 6.07) is -11.3. The third-order valence-electron chi connectivity index (χ3n) is 24.9. The summed E-state index contributed by atoms with van der Waals surface area (Å²) in [7, 11) is 11.5. The number of nitrogens with one attached hydrogen (secondary N) is 2. The molecule has 0 aromatic rings. The summed E-state index contributed by atoms with van der Waals surface area (Å²) in [5.74, 6) is -12.6. The number of halogens is 5. The van der Waals surface area contributed by atoms with Crippen LogP contribution in [-0.2, 0) is 57.5 Å². The van der Waals surface area contributed by atoms with Gasteiger partial charge in [0.15, 0.2) is 0 Å². The average Bonchev–Trinajstić information content (AvgIpc) is 1.00. The number of nitrogens with zero attached hydrogens (tertiary/aromatic N) is 10. The summed E-state index contributed by atoms with van der Waals surface area (Å²) in [5.41, 5.74) is -1.55. The smallest absolute Gasteiger partial charge is 0.347 e. The van der Waals surface area contributed by atoms with E-state index in [0.29, 0.717) is 44.4 Å². The highest BCUT2D eigenvalue weighted by atomic mass is 19.4. The molecule has 24 nitrogen and oxygen atoms in total. The maximum Gasteiger partial charge on any atom is 0.397 e. The predicted octanol–water partition coefficient (Wildman–Crippen LogP) is 6.28. The van der Waals surface area contributed by atoms with Crippen molar-refractivity contribution in [1.29, 1.82) is 0 Å². The first-order valence-corrected chi connectivity index (χ1v) is 38.3. The van der Waals surface area contributed by atoms with Crippen LogP contribution in [0.1, 0.15) is 189 Å². The monoisotopic (exact) mass is 1470 g/mol. The Bertz CT molecular complexity index is 3150. The van der Waals surface area contributed by atoms with Gasteiger partial charge in [0, 0.05) is 76.0 Å². The van der Waals surface area contributed by atoms with Gasteiger partial charge in [-0.15, -0.1) is 0 Å². The molecular formula is C75H117F5N12O12. The SMILES string of the molecule is CC[C@H](C)[C@@H]1NC(=O)[C@H](CC)N(C)C(=O)C[C@@H](C(=O)N(C)C)N(C)C(=O)[C@H](C2CCCC2)N(C)C(=O)C2(CCC2)N(C)C(=O)[C@@H]2C[C@@H](C)CN2C(=O)[C@H](CCC2CC(F)C(C(F)(F)F)C(F)C2)NC(=O)CN(C)C(=O)[C@H](CC2CCC(C)CC2)N2CC/C=C\C[C@@H](C2=O)N(C)C(=O)[C@@H]2CCCN2C1=O. The van der Waals surface area contributed by atoms with Gasteiger partial charge in [-0.05, 0) is 138 Å². The van der Waals surface area contributed by atoms with Gasteiger partial charge in [-0.25, -0.2) is 8.78 Å². The number of fused-ring (bicyclic) bond motifs is 4. The Morgan fingerprint density at radius 1 is 0.625 bits per heavy atom. The number of carbonyl (C=O) groups excluding carboxylic acids is 12. The molecule has 4 aliphatic carbocycles. The molecule has 29 heteroatoms. The first-order valence-electron chi connectivity index (χ1n) is 38.3. The van der Waals surface area contributed by atoms with E-state index in [2.05, 4.69) is 17.6 Å². The van der Waals surface area contributed by atoms with Crippen molar-refractivity contribution in [3.63, 3.8) is 0 Å². The van der Waals surface area contributed by atoms with E-state index in [1.807, 2.05) is 13.0 Å². The molecule has 104 heavy (non-hydrogen) atoms. The van der Waals surface area contributed by atoms with Crippen molar-refractivity contribution >= 4 is 70.9 Å². The number of alkyl halides is 5. The van der Waals surface area contributed by atoms with Crippen LogP contribution in [0.3, 0.4) is 0 Å². The fraction of sp³-hybridized carbons (Fsp3) is 0.813. The van der Waals surface area contributed by atoms with Gasteiger partial charge in [-0.3, -0.25) is 57.5 Å². The second kappa shape index (κ2) is 35.2. The molecule has 0 aromatic carbocycles. The van der Waals surface area contributed by atoms with Crippen molar-refractivity contribution < 1.29 is 79.5 Å². The standard InChI is InChI=1S/C75H117F5N12O12/c1-14-46(5)62-71(102)90-36-21-26-55(90)68(99)86(10)54-25-17-16-20-35-91(70(54)101)58(40-47-29-27-44(3)28-30-47)67(98)84(8)43-59(93)81-52(32-31-48-38-50(76)61(51(77)39-48)75(78,79)80)65(96)92-42-45(4)37-57(92)69(100)89(13)74(33-22-34-74)73(104)88(12)63(49-23-18-19-24-49)72(103)87(11)56(66(97)83(6)7)41-60(94)85(9)53(15-2)64(95)82-62/h16-17,44-58,61-63H,14-15,18-43H2,1-13H3,(H,81,93)(H,82,95)/b17-16-/t44?,45-,46+,47?,48?,50?,51?,52+,53+,54+,55+,56+,57+,58+,61?,62+,63+/m1/s1. The fourth-order valence-corrected chi connectivity index (χ4v) is 17.9. The molecule has 4 heterocycles. The molecule has 13 atom stereocenters. The largest absolute Gasteiger partial charge is 0.397 e. The first-order chi connectivity index (χ1) is 49.0. The fourth-order valence-electron chi connectivity index (χ4n) is 17.9. The average molecular weight is 1470 g/mol. The van der Waals surface area contributed by atoms with Gasteiger partial charge in [0.1, 0.15) is 78.2 Å². The van der Waals surface area contributed by atoms with Gasteiger partial charge >= 0.3 is 6.18 Å². The van der Waals surface area contributed by atoms with E-state index in [1.54, 1.807) is 26.8 Å². The zero-order chi connectivity index (χ0) is 76.7.